The molecule has 16 heavy (non-hydrogen) atoms. The second-order valence-electron chi connectivity index (χ2n) is 3.86. The number of hydrogen-bond donors (Lipinski definition) is 0. The van der Waals surface area contributed by atoms with Crippen LogP contribution >= 0.6 is 15.9 Å². The fraction of sp³-hybridized carbons (Fsp3) is 0.909. The van der Waals surface area contributed by atoms with Crippen molar-refractivity contribution < 1.29 is 14.3 Å². The van der Waals surface area contributed by atoms with Gasteiger partial charge in [0, 0.05) is 31.5 Å². The number of amides is 1. The maximum absolute atomic E-state index is 11.7. The van der Waals surface area contributed by atoms with E-state index in [1.165, 1.54) is 0 Å². The lowest BCUT2D eigenvalue weighted by Crippen LogP contribution is -2.36. The van der Waals surface area contributed by atoms with Gasteiger partial charge in [-0.1, -0.05) is 15.9 Å². The van der Waals surface area contributed by atoms with Crippen molar-refractivity contribution in [3.8, 4) is 0 Å². The van der Waals surface area contributed by atoms with Gasteiger partial charge in [-0.05, 0) is 19.8 Å². The van der Waals surface area contributed by atoms with Crippen molar-refractivity contribution in [2.24, 2.45) is 5.92 Å². The molecule has 1 amide bonds. The van der Waals surface area contributed by atoms with Crippen LogP contribution in [0.25, 0.3) is 0 Å². The van der Waals surface area contributed by atoms with Gasteiger partial charge >= 0.3 is 0 Å². The van der Waals surface area contributed by atoms with Crippen LogP contribution < -0.4 is 0 Å². The van der Waals surface area contributed by atoms with E-state index in [1.807, 2.05) is 18.7 Å². The number of nitrogens with zero attached hydrogens (tertiary/aromatic N) is 1. The summed E-state index contributed by atoms with van der Waals surface area (Å²) in [6.07, 6.45) is 0.351. The molecule has 1 fully saturated rings. The lowest BCUT2D eigenvalue weighted by atomic mass is 10.2. The zero-order chi connectivity index (χ0) is 12.0. The van der Waals surface area contributed by atoms with Gasteiger partial charge < -0.3 is 14.4 Å². The van der Waals surface area contributed by atoms with Crippen molar-refractivity contribution in [3.05, 3.63) is 0 Å². The monoisotopic (exact) mass is 293 g/mol. The van der Waals surface area contributed by atoms with E-state index in [0.29, 0.717) is 32.1 Å². The number of alkyl halides is 1. The minimum absolute atomic E-state index is 0.203. The highest BCUT2D eigenvalue weighted by Crippen LogP contribution is 2.20. The Balaban J connectivity index is 2.41. The first kappa shape index (κ1) is 13.9. The molecular weight excluding hydrogens is 274 g/mol. The Hall–Kier alpha value is -0.130. The second-order valence-corrected chi connectivity index (χ2v) is 4.51. The van der Waals surface area contributed by atoms with Gasteiger partial charge in [-0.2, -0.15) is 0 Å². The number of carbonyl (C=O) groups is 1. The van der Waals surface area contributed by atoms with Crippen LogP contribution in [-0.4, -0.2) is 48.7 Å². The summed E-state index contributed by atoms with van der Waals surface area (Å²) in [5.41, 5.74) is 0. The third kappa shape index (κ3) is 4.03. The summed E-state index contributed by atoms with van der Waals surface area (Å²) in [7, 11) is 0. The van der Waals surface area contributed by atoms with Gasteiger partial charge in [0.1, 0.15) is 0 Å². The van der Waals surface area contributed by atoms with Gasteiger partial charge in [0.25, 0.3) is 0 Å². The first-order valence-electron chi connectivity index (χ1n) is 5.78. The van der Waals surface area contributed by atoms with Gasteiger partial charge in [-0.3, -0.25) is 4.79 Å². The molecule has 0 bridgehead atoms. The molecule has 0 aliphatic carbocycles. The maximum atomic E-state index is 11.7. The lowest BCUT2D eigenvalue weighted by molar-refractivity contribution is -0.155. The molecule has 0 saturated carbocycles. The van der Waals surface area contributed by atoms with Gasteiger partial charge in [0.15, 0.2) is 6.29 Å². The molecule has 1 rings (SSSR count). The minimum Gasteiger partial charge on any atom is -0.351 e. The van der Waals surface area contributed by atoms with E-state index in [4.69, 9.17) is 9.47 Å². The van der Waals surface area contributed by atoms with Crippen LogP contribution in [0.15, 0.2) is 0 Å². The SMILES string of the molecule is CCOC(CN1CC(CBr)CC1=O)OCC. The van der Waals surface area contributed by atoms with Crippen LogP contribution in [0.1, 0.15) is 20.3 Å². The summed E-state index contributed by atoms with van der Waals surface area (Å²) >= 11 is 3.42. The number of halogens is 1. The maximum Gasteiger partial charge on any atom is 0.223 e. The van der Waals surface area contributed by atoms with E-state index in [2.05, 4.69) is 15.9 Å². The lowest BCUT2D eigenvalue weighted by Gasteiger charge is -2.23. The van der Waals surface area contributed by atoms with Crippen molar-refractivity contribution in [2.75, 3.05) is 31.6 Å². The third-order valence-electron chi connectivity index (χ3n) is 2.59. The highest BCUT2D eigenvalue weighted by Gasteiger charge is 2.30. The molecule has 0 aromatic carbocycles. The van der Waals surface area contributed by atoms with Gasteiger partial charge in [-0.15, -0.1) is 0 Å². The molecule has 1 heterocycles. The molecule has 0 aromatic rings. The first-order valence-corrected chi connectivity index (χ1v) is 6.90. The largest absolute Gasteiger partial charge is 0.351 e. The smallest absolute Gasteiger partial charge is 0.223 e. The molecule has 0 N–H and O–H groups in total. The van der Waals surface area contributed by atoms with Crippen LogP contribution in [0.4, 0.5) is 0 Å². The molecule has 5 heteroatoms. The van der Waals surface area contributed by atoms with Gasteiger partial charge in [0.05, 0.1) is 6.54 Å². The van der Waals surface area contributed by atoms with Crippen molar-refractivity contribution in [1.29, 1.82) is 0 Å². The second kappa shape index (κ2) is 7.25. The molecular formula is C11H20BrNO3. The zero-order valence-electron chi connectivity index (χ0n) is 9.95. The summed E-state index contributed by atoms with van der Waals surface area (Å²) in [5.74, 6) is 0.630. The Morgan fingerprint density at radius 3 is 2.50 bits per heavy atom. The summed E-state index contributed by atoms with van der Waals surface area (Å²) in [6, 6.07) is 0. The molecule has 0 aromatic heterocycles. The van der Waals surface area contributed by atoms with E-state index in [0.717, 1.165) is 11.9 Å². The summed E-state index contributed by atoms with van der Waals surface area (Å²) < 4.78 is 10.9. The Morgan fingerprint density at radius 2 is 2.06 bits per heavy atom. The average molecular weight is 294 g/mol. The Labute approximate surface area is 105 Å². The van der Waals surface area contributed by atoms with Crippen molar-refractivity contribution in [1.82, 2.24) is 4.90 Å². The highest BCUT2D eigenvalue weighted by atomic mass is 79.9. The fourth-order valence-electron chi connectivity index (χ4n) is 1.84. The first-order chi connectivity index (χ1) is 7.71. The molecule has 0 spiro atoms. The molecule has 4 nitrogen and oxygen atoms in total. The van der Waals surface area contributed by atoms with E-state index in [-0.39, 0.29) is 12.2 Å². The zero-order valence-corrected chi connectivity index (χ0v) is 11.5. The molecule has 94 valence electrons. The van der Waals surface area contributed by atoms with Crippen molar-refractivity contribution >= 4 is 21.8 Å². The van der Waals surface area contributed by atoms with Crippen molar-refractivity contribution in [3.63, 3.8) is 0 Å². The van der Waals surface area contributed by atoms with E-state index in [9.17, 15) is 4.79 Å². The van der Waals surface area contributed by atoms with Crippen LogP contribution in [0.5, 0.6) is 0 Å². The molecule has 1 saturated heterocycles. The average Bonchev–Trinajstić information content (AvgIpc) is 2.60. The highest BCUT2D eigenvalue weighted by molar-refractivity contribution is 9.09. The van der Waals surface area contributed by atoms with Crippen LogP contribution in [0.2, 0.25) is 0 Å². The van der Waals surface area contributed by atoms with Crippen LogP contribution in [0, 0.1) is 5.92 Å². The van der Waals surface area contributed by atoms with E-state index >= 15 is 0 Å². The van der Waals surface area contributed by atoms with E-state index < -0.39 is 0 Å². The summed E-state index contributed by atoms with van der Waals surface area (Å²) in [6.45, 7) is 6.42. The number of hydrogen-bond acceptors (Lipinski definition) is 3. The number of ether oxygens (including phenoxy) is 2. The van der Waals surface area contributed by atoms with Crippen LogP contribution in [-0.2, 0) is 14.3 Å². The normalized spacial score (nSPS) is 21.1. The van der Waals surface area contributed by atoms with Crippen molar-refractivity contribution in [2.45, 2.75) is 26.6 Å². The standard InChI is InChI=1S/C11H20BrNO3/c1-3-15-11(16-4-2)8-13-7-9(6-12)5-10(13)14/h9,11H,3-8H2,1-2H3. The predicted molar refractivity (Wildman–Crippen MR) is 65.5 cm³/mol. The minimum atomic E-state index is -0.284. The Bertz CT molecular complexity index is 219. The molecule has 1 unspecified atom stereocenters. The Morgan fingerprint density at radius 1 is 1.44 bits per heavy atom. The van der Waals surface area contributed by atoms with E-state index in [1.54, 1.807) is 0 Å². The Kier molecular flexibility index (Phi) is 6.31. The molecule has 0 radical (unpaired) electrons. The molecule has 1 aliphatic heterocycles. The number of rotatable bonds is 7. The summed E-state index contributed by atoms with van der Waals surface area (Å²) in [5, 5.41) is 0.878. The third-order valence-corrected chi connectivity index (χ3v) is 3.50. The van der Waals surface area contributed by atoms with Gasteiger partial charge in [0.2, 0.25) is 5.91 Å². The fourth-order valence-corrected chi connectivity index (χ4v) is 2.27. The molecule has 1 aliphatic rings. The van der Waals surface area contributed by atoms with Crippen LogP contribution in [0.3, 0.4) is 0 Å². The number of likely N-dealkylation sites (tertiary alicyclic amines) is 1. The topological polar surface area (TPSA) is 38.8 Å². The predicted octanol–water partition coefficient (Wildman–Crippen LogP) is 1.63. The van der Waals surface area contributed by atoms with Gasteiger partial charge in [-0.25, -0.2) is 0 Å². The number of carbonyl (C=O) groups excluding carboxylic acids is 1. The molecule has 1 atom stereocenters. The quantitative estimate of drug-likeness (QED) is 0.529. The summed E-state index contributed by atoms with van der Waals surface area (Å²) in [4.78, 5) is 13.5.